The number of hydrogen-bond donors (Lipinski definition) is 0. The fourth-order valence-corrected chi connectivity index (χ4v) is 3.08. The number of thiophene rings is 1. The van der Waals surface area contributed by atoms with E-state index in [2.05, 4.69) is 82.0 Å². The van der Waals surface area contributed by atoms with Crippen molar-refractivity contribution in [1.82, 2.24) is 0 Å². The maximum Gasteiger partial charge on any atom is 0.0270 e. The van der Waals surface area contributed by atoms with Crippen molar-refractivity contribution in [3.05, 3.63) is 68.8 Å². The van der Waals surface area contributed by atoms with Crippen molar-refractivity contribution < 1.29 is 0 Å². The molecule has 0 fully saturated rings. The quantitative estimate of drug-likeness (QED) is 0.558. The zero-order valence-corrected chi connectivity index (χ0v) is 12.0. The molecule has 3 rings (SSSR count). The van der Waals surface area contributed by atoms with Crippen LogP contribution in [0, 0.1) is 0 Å². The molecule has 0 aliphatic carbocycles. The molecule has 0 bridgehead atoms. The summed E-state index contributed by atoms with van der Waals surface area (Å²) >= 11 is 5.35. The van der Waals surface area contributed by atoms with Crippen LogP contribution >= 0.6 is 27.3 Å². The molecule has 0 radical (unpaired) electrons. The number of fused-ring (bicyclic) bond motifs is 1. The van der Waals surface area contributed by atoms with Crippen molar-refractivity contribution >= 4 is 50.2 Å². The standard InChI is InChI=1S/C16H11BrS/c17-16-10-8-12(7-9-13-4-3-11-18-13)14-5-1-2-6-15(14)16/h1-11H/b9-7+. The van der Waals surface area contributed by atoms with Gasteiger partial charge in [-0.15, -0.1) is 11.3 Å². The summed E-state index contributed by atoms with van der Waals surface area (Å²) < 4.78 is 1.14. The molecule has 0 saturated heterocycles. The first kappa shape index (κ1) is 11.7. The second-order valence-electron chi connectivity index (χ2n) is 4.03. The molecule has 0 aliphatic rings. The van der Waals surface area contributed by atoms with Crippen molar-refractivity contribution in [3.8, 4) is 0 Å². The highest BCUT2D eigenvalue weighted by molar-refractivity contribution is 9.10. The van der Waals surface area contributed by atoms with Gasteiger partial charge in [-0.3, -0.25) is 0 Å². The van der Waals surface area contributed by atoms with Crippen LogP contribution in [0.3, 0.4) is 0 Å². The molecular formula is C16H11BrS. The minimum Gasteiger partial charge on any atom is -0.144 e. The molecule has 0 saturated carbocycles. The molecule has 1 aromatic heterocycles. The predicted octanol–water partition coefficient (Wildman–Crippen LogP) is 5.83. The Labute approximate surface area is 119 Å². The van der Waals surface area contributed by atoms with Gasteiger partial charge in [0.05, 0.1) is 0 Å². The topological polar surface area (TPSA) is 0 Å². The average Bonchev–Trinajstić information content (AvgIpc) is 2.92. The lowest BCUT2D eigenvalue weighted by atomic mass is 10.0. The van der Waals surface area contributed by atoms with E-state index in [1.54, 1.807) is 11.3 Å². The van der Waals surface area contributed by atoms with Crippen LogP contribution in [0.1, 0.15) is 10.4 Å². The van der Waals surface area contributed by atoms with Crippen LogP contribution in [0.4, 0.5) is 0 Å². The summed E-state index contributed by atoms with van der Waals surface area (Å²) in [5.74, 6) is 0. The summed E-state index contributed by atoms with van der Waals surface area (Å²) in [6.45, 7) is 0. The number of halogens is 1. The van der Waals surface area contributed by atoms with E-state index in [0.29, 0.717) is 0 Å². The normalized spacial score (nSPS) is 11.4. The minimum absolute atomic E-state index is 1.14. The molecule has 3 aromatic rings. The summed E-state index contributed by atoms with van der Waals surface area (Å²) in [7, 11) is 0. The Balaban J connectivity index is 2.10. The van der Waals surface area contributed by atoms with E-state index in [9.17, 15) is 0 Å². The lowest BCUT2D eigenvalue weighted by Gasteiger charge is -2.04. The predicted molar refractivity (Wildman–Crippen MR) is 84.9 cm³/mol. The van der Waals surface area contributed by atoms with Crippen molar-refractivity contribution in [3.63, 3.8) is 0 Å². The lowest BCUT2D eigenvalue weighted by molar-refractivity contribution is 1.68. The summed E-state index contributed by atoms with van der Waals surface area (Å²) in [4.78, 5) is 1.28. The van der Waals surface area contributed by atoms with E-state index < -0.39 is 0 Å². The minimum atomic E-state index is 1.14. The maximum atomic E-state index is 3.60. The molecule has 0 unspecified atom stereocenters. The van der Waals surface area contributed by atoms with E-state index in [0.717, 1.165) is 4.47 Å². The molecule has 0 atom stereocenters. The van der Waals surface area contributed by atoms with Gasteiger partial charge in [0.1, 0.15) is 0 Å². The SMILES string of the molecule is Brc1ccc(/C=C/c2cccs2)c2ccccc12. The van der Waals surface area contributed by atoms with Gasteiger partial charge >= 0.3 is 0 Å². The Morgan fingerprint density at radius 2 is 1.67 bits per heavy atom. The molecule has 0 nitrogen and oxygen atoms in total. The second-order valence-corrected chi connectivity index (χ2v) is 5.86. The van der Waals surface area contributed by atoms with Crippen LogP contribution in [-0.4, -0.2) is 0 Å². The summed E-state index contributed by atoms with van der Waals surface area (Å²) in [6, 6.07) is 16.9. The number of hydrogen-bond acceptors (Lipinski definition) is 1. The molecule has 0 amide bonds. The second kappa shape index (κ2) is 5.09. The van der Waals surface area contributed by atoms with Gasteiger partial charge in [0.25, 0.3) is 0 Å². The van der Waals surface area contributed by atoms with E-state index >= 15 is 0 Å². The van der Waals surface area contributed by atoms with Crippen LogP contribution in [0.5, 0.6) is 0 Å². The van der Waals surface area contributed by atoms with Gasteiger partial charge in [0.15, 0.2) is 0 Å². The van der Waals surface area contributed by atoms with Gasteiger partial charge in [0, 0.05) is 9.35 Å². The first-order valence-electron chi connectivity index (χ1n) is 5.73. The molecule has 0 N–H and O–H groups in total. The lowest BCUT2D eigenvalue weighted by Crippen LogP contribution is -1.79. The van der Waals surface area contributed by atoms with E-state index in [1.165, 1.54) is 21.2 Å². The van der Waals surface area contributed by atoms with E-state index in [4.69, 9.17) is 0 Å². The van der Waals surface area contributed by atoms with Crippen LogP contribution in [0.2, 0.25) is 0 Å². The smallest absolute Gasteiger partial charge is 0.0270 e. The van der Waals surface area contributed by atoms with Gasteiger partial charge in [-0.05, 0) is 39.9 Å². The Kier molecular flexibility index (Phi) is 3.31. The molecule has 88 valence electrons. The fraction of sp³-hybridized carbons (Fsp3) is 0. The average molecular weight is 315 g/mol. The Morgan fingerprint density at radius 3 is 2.44 bits per heavy atom. The summed E-state index contributed by atoms with van der Waals surface area (Å²) in [5.41, 5.74) is 1.25. The first-order valence-corrected chi connectivity index (χ1v) is 7.41. The van der Waals surface area contributed by atoms with Gasteiger partial charge in [-0.1, -0.05) is 58.4 Å². The largest absolute Gasteiger partial charge is 0.144 e. The monoisotopic (exact) mass is 314 g/mol. The van der Waals surface area contributed by atoms with Crippen molar-refractivity contribution in [2.75, 3.05) is 0 Å². The Bertz CT molecular complexity index is 696. The first-order chi connectivity index (χ1) is 8.84. The van der Waals surface area contributed by atoms with E-state index in [1.807, 2.05) is 0 Å². The van der Waals surface area contributed by atoms with Gasteiger partial charge < -0.3 is 0 Å². The van der Waals surface area contributed by atoms with E-state index in [-0.39, 0.29) is 0 Å². The highest BCUT2D eigenvalue weighted by Crippen LogP contribution is 2.28. The molecule has 2 heteroatoms. The van der Waals surface area contributed by atoms with Crippen LogP contribution in [0.25, 0.3) is 22.9 Å². The zero-order chi connectivity index (χ0) is 12.4. The third-order valence-corrected chi connectivity index (χ3v) is 4.40. The fourth-order valence-electron chi connectivity index (χ4n) is 1.99. The van der Waals surface area contributed by atoms with Gasteiger partial charge in [0.2, 0.25) is 0 Å². The van der Waals surface area contributed by atoms with Crippen LogP contribution < -0.4 is 0 Å². The summed E-state index contributed by atoms with van der Waals surface area (Å²) in [5, 5.41) is 4.63. The van der Waals surface area contributed by atoms with Crippen molar-refractivity contribution in [1.29, 1.82) is 0 Å². The van der Waals surface area contributed by atoms with Crippen LogP contribution in [0.15, 0.2) is 58.4 Å². The molecule has 0 spiro atoms. The molecule has 0 aliphatic heterocycles. The molecule has 2 aromatic carbocycles. The highest BCUT2D eigenvalue weighted by atomic mass is 79.9. The zero-order valence-electron chi connectivity index (χ0n) is 9.64. The van der Waals surface area contributed by atoms with Crippen molar-refractivity contribution in [2.45, 2.75) is 0 Å². The van der Waals surface area contributed by atoms with Gasteiger partial charge in [-0.25, -0.2) is 0 Å². The number of benzene rings is 2. The third-order valence-electron chi connectivity index (χ3n) is 2.87. The molecule has 18 heavy (non-hydrogen) atoms. The summed E-state index contributed by atoms with van der Waals surface area (Å²) in [6.07, 6.45) is 4.35. The van der Waals surface area contributed by atoms with Crippen LogP contribution in [-0.2, 0) is 0 Å². The highest BCUT2D eigenvalue weighted by Gasteiger charge is 2.01. The third kappa shape index (κ3) is 2.26. The maximum absolute atomic E-state index is 3.60. The molecule has 1 heterocycles. The molecular weight excluding hydrogens is 304 g/mol. The Morgan fingerprint density at radius 1 is 0.833 bits per heavy atom. The number of rotatable bonds is 2. The van der Waals surface area contributed by atoms with Gasteiger partial charge in [-0.2, -0.15) is 0 Å². The van der Waals surface area contributed by atoms with Crippen molar-refractivity contribution in [2.24, 2.45) is 0 Å². The Hall–Kier alpha value is -1.38.